The summed E-state index contributed by atoms with van der Waals surface area (Å²) in [5, 5.41) is 9.03. The third-order valence-electron chi connectivity index (χ3n) is 3.01. The molecule has 0 radical (unpaired) electrons. The van der Waals surface area contributed by atoms with E-state index >= 15 is 0 Å². The molecule has 0 spiro atoms. The molecule has 0 atom stereocenters. The largest absolute Gasteiger partial charge is 0.478 e. The van der Waals surface area contributed by atoms with Crippen molar-refractivity contribution < 1.29 is 29.0 Å². The fourth-order valence-electron chi connectivity index (χ4n) is 2.02. The van der Waals surface area contributed by atoms with Crippen molar-refractivity contribution in [3.05, 3.63) is 11.1 Å². The fourth-order valence-corrected chi connectivity index (χ4v) is 2.02. The second-order valence-corrected chi connectivity index (χ2v) is 4.58. The molecule has 0 saturated carbocycles. The number of esters is 2. The molecule has 0 aliphatic heterocycles. The maximum Gasteiger partial charge on any atom is 0.334 e. The van der Waals surface area contributed by atoms with Crippen LogP contribution < -0.4 is 0 Å². The number of carbonyl (C=O) groups is 3. The summed E-state index contributed by atoms with van der Waals surface area (Å²) in [4.78, 5) is 33.9. The molecular weight excluding hydrogens is 264 g/mol. The van der Waals surface area contributed by atoms with E-state index in [1.54, 1.807) is 0 Å². The van der Waals surface area contributed by atoms with E-state index in [-0.39, 0.29) is 30.3 Å². The molecule has 1 aliphatic carbocycles. The Kier molecular flexibility index (Phi) is 6.76. The van der Waals surface area contributed by atoms with Gasteiger partial charge in [-0.05, 0) is 32.1 Å². The molecular formula is C14H20O6. The summed E-state index contributed by atoms with van der Waals surface area (Å²) in [7, 11) is 0. The number of aliphatic carboxylic acids is 1. The highest BCUT2D eigenvalue weighted by atomic mass is 16.6. The maximum absolute atomic E-state index is 11.8. The number of rotatable bonds is 7. The van der Waals surface area contributed by atoms with E-state index in [0.29, 0.717) is 25.7 Å². The lowest BCUT2D eigenvalue weighted by molar-refractivity contribution is -0.150. The summed E-state index contributed by atoms with van der Waals surface area (Å²) in [5.74, 6) is -2.01. The van der Waals surface area contributed by atoms with Crippen LogP contribution in [0, 0.1) is 0 Å². The van der Waals surface area contributed by atoms with Gasteiger partial charge < -0.3 is 14.6 Å². The zero-order valence-electron chi connectivity index (χ0n) is 11.6. The number of hydrogen-bond donors (Lipinski definition) is 1. The SMILES string of the molecule is CCCC(=O)OCCOC(=O)C1=C(C(=O)O)CCCC1. The monoisotopic (exact) mass is 284 g/mol. The zero-order valence-corrected chi connectivity index (χ0v) is 11.6. The molecule has 1 N–H and O–H groups in total. The summed E-state index contributed by atoms with van der Waals surface area (Å²) in [6.07, 6.45) is 3.41. The molecule has 1 aliphatic rings. The van der Waals surface area contributed by atoms with Crippen LogP contribution in [0.25, 0.3) is 0 Å². The van der Waals surface area contributed by atoms with Crippen molar-refractivity contribution in [3.63, 3.8) is 0 Å². The van der Waals surface area contributed by atoms with Gasteiger partial charge in [0.1, 0.15) is 13.2 Å². The summed E-state index contributed by atoms with van der Waals surface area (Å²) >= 11 is 0. The summed E-state index contributed by atoms with van der Waals surface area (Å²) in [5.41, 5.74) is 0.382. The Bertz CT molecular complexity index is 410. The molecule has 0 aromatic heterocycles. The third-order valence-corrected chi connectivity index (χ3v) is 3.01. The van der Waals surface area contributed by atoms with Crippen LogP contribution >= 0.6 is 0 Å². The number of carbonyl (C=O) groups excluding carboxylic acids is 2. The molecule has 0 saturated heterocycles. The average molecular weight is 284 g/mol. The quantitative estimate of drug-likeness (QED) is 0.566. The normalized spacial score (nSPS) is 14.8. The second-order valence-electron chi connectivity index (χ2n) is 4.58. The minimum atomic E-state index is -1.06. The first-order valence-electron chi connectivity index (χ1n) is 6.84. The first-order chi connectivity index (χ1) is 9.56. The highest BCUT2D eigenvalue weighted by Gasteiger charge is 2.24. The number of ether oxygens (including phenoxy) is 2. The van der Waals surface area contributed by atoms with Crippen LogP contribution in [0.15, 0.2) is 11.1 Å². The molecule has 112 valence electrons. The Morgan fingerprint density at radius 3 is 2.25 bits per heavy atom. The topological polar surface area (TPSA) is 89.9 Å². The van der Waals surface area contributed by atoms with Crippen LogP contribution in [0.1, 0.15) is 45.4 Å². The Hall–Kier alpha value is -1.85. The molecule has 0 aromatic rings. The van der Waals surface area contributed by atoms with Crippen molar-refractivity contribution in [2.75, 3.05) is 13.2 Å². The highest BCUT2D eigenvalue weighted by molar-refractivity contribution is 5.99. The number of carboxylic acid groups (broad SMARTS) is 1. The first-order valence-corrected chi connectivity index (χ1v) is 6.84. The van der Waals surface area contributed by atoms with Gasteiger partial charge in [0, 0.05) is 17.6 Å². The predicted molar refractivity (Wildman–Crippen MR) is 70.0 cm³/mol. The van der Waals surface area contributed by atoms with Gasteiger partial charge in [0.15, 0.2) is 0 Å². The third kappa shape index (κ3) is 5.03. The lowest BCUT2D eigenvalue weighted by Gasteiger charge is -2.16. The Morgan fingerprint density at radius 1 is 1.05 bits per heavy atom. The summed E-state index contributed by atoms with van der Waals surface area (Å²) < 4.78 is 9.80. The minimum Gasteiger partial charge on any atom is -0.478 e. The van der Waals surface area contributed by atoms with Gasteiger partial charge in [-0.15, -0.1) is 0 Å². The van der Waals surface area contributed by atoms with Crippen molar-refractivity contribution in [3.8, 4) is 0 Å². The molecule has 20 heavy (non-hydrogen) atoms. The number of hydrogen-bond acceptors (Lipinski definition) is 5. The van der Waals surface area contributed by atoms with Gasteiger partial charge >= 0.3 is 17.9 Å². The molecule has 0 fully saturated rings. The van der Waals surface area contributed by atoms with Gasteiger partial charge in [0.25, 0.3) is 0 Å². The first kappa shape index (κ1) is 16.2. The molecule has 1 rings (SSSR count). The van der Waals surface area contributed by atoms with Gasteiger partial charge in [0.05, 0.1) is 0 Å². The Labute approximate surface area is 117 Å². The Balaban J connectivity index is 2.42. The van der Waals surface area contributed by atoms with Crippen LogP contribution in [0.5, 0.6) is 0 Å². The van der Waals surface area contributed by atoms with Crippen LogP contribution in [-0.4, -0.2) is 36.2 Å². The fraction of sp³-hybridized carbons (Fsp3) is 0.643. The molecule has 0 aromatic carbocycles. The average Bonchev–Trinajstić information content (AvgIpc) is 2.43. The second kappa shape index (κ2) is 8.35. The molecule has 0 bridgehead atoms. The van der Waals surface area contributed by atoms with E-state index in [9.17, 15) is 14.4 Å². The Morgan fingerprint density at radius 2 is 1.65 bits per heavy atom. The smallest absolute Gasteiger partial charge is 0.334 e. The van der Waals surface area contributed by atoms with Gasteiger partial charge in [0.2, 0.25) is 0 Å². The van der Waals surface area contributed by atoms with E-state index in [1.165, 1.54) is 0 Å². The van der Waals surface area contributed by atoms with Crippen LogP contribution in [0.3, 0.4) is 0 Å². The van der Waals surface area contributed by atoms with E-state index in [1.807, 2.05) is 6.92 Å². The van der Waals surface area contributed by atoms with E-state index in [2.05, 4.69) is 0 Å². The van der Waals surface area contributed by atoms with E-state index in [4.69, 9.17) is 14.6 Å². The lowest BCUT2D eigenvalue weighted by atomic mass is 9.92. The van der Waals surface area contributed by atoms with Crippen LogP contribution in [0.4, 0.5) is 0 Å². The molecule has 6 nitrogen and oxygen atoms in total. The van der Waals surface area contributed by atoms with Gasteiger partial charge in [-0.1, -0.05) is 6.92 Å². The molecule has 6 heteroatoms. The van der Waals surface area contributed by atoms with E-state index < -0.39 is 11.9 Å². The molecule has 0 unspecified atom stereocenters. The molecule has 0 amide bonds. The summed E-state index contributed by atoms with van der Waals surface area (Å²) in [6.45, 7) is 1.81. The highest BCUT2D eigenvalue weighted by Crippen LogP contribution is 2.25. The van der Waals surface area contributed by atoms with Crippen molar-refractivity contribution >= 4 is 17.9 Å². The lowest BCUT2D eigenvalue weighted by Crippen LogP contribution is -2.19. The van der Waals surface area contributed by atoms with Gasteiger partial charge in [-0.2, -0.15) is 0 Å². The van der Waals surface area contributed by atoms with Crippen molar-refractivity contribution in [2.45, 2.75) is 45.4 Å². The summed E-state index contributed by atoms with van der Waals surface area (Å²) in [6, 6.07) is 0. The predicted octanol–water partition coefficient (Wildman–Crippen LogP) is 1.83. The van der Waals surface area contributed by atoms with Gasteiger partial charge in [-0.3, -0.25) is 4.79 Å². The van der Waals surface area contributed by atoms with Crippen molar-refractivity contribution in [1.29, 1.82) is 0 Å². The maximum atomic E-state index is 11.8. The molecule has 0 heterocycles. The zero-order chi connectivity index (χ0) is 15.0. The van der Waals surface area contributed by atoms with Crippen LogP contribution in [0.2, 0.25) is 0 Å². The van der Waals surface area contributed by atoms with Crippen molar-refractivity contribution in [1.82, 2.24) is 0 Å². The minimum absolute atomic E-state index is 0.000256. The van der Waals surface area contributed by atoms with Crippen molar-refractivity contribution in [2.24, 2.45) is 0 Å². The van der Waals surface area contributed by atoms with E-state index in [0.717, 1.165) is 12.8 Å². The standard InChI is InChI=1S/C14H20O6/c1-2-5-12(15)19-8-9-20-14(18)11-7-4-3-6-10(11)13(16)17/h2-9H2,1H3,(H,16,17). The van der Waals surface area contributed by atoms with Crippen LogP contribution in [-0.2, 0) is 23.9 Å². The number of carboxylic acids is 1. The van der Waals surface area contributed by atoms with Gasteiger partial charge in [-0.25, -0.2) is 9.59 Å².